The van der Waals surface area contributed by atoms with Crippen molar-refractivity contribution in [1.82, 2.24) is 19.8 Å². The molecule has 2 aromatic carbocycles. The predicted octanol–water partition coefficient (Wildman–Crippen LogP) is 4.83. The van der Waals surface area contributed by atoms with Crippen LogP contribution in [0.4, 0.5) is 0 Å². The number of methoxy groups -OCH3 is 1. The van der Waals surface area contributed by atoms with E-state index in [0.717, 1.165) is 17.1 Å². The Hall–Kier alpha value is -3.97. The van der Waals surface area contributed by atoms with E-state index >= 15 is 0 Å². The number of ether oxygens (including phenoxy) is 1. The molecule has 2 aromatic heterocycles. The third-order valence-electron chi connectivity index (χ3n) is 6.04. The zero-order valence-electron chi connectivity index (χ0n) is 18.7. The van der Waals surface area contributed by atoms with Gasteiger partial charge in [-0.1, -0.05) is 36.4 Å². The van der Waals surface area contributed by atoms with E-state index in [-0.39, 0.29) is 18.1 Å². The van der Waals surface area contributed by atoms with Crippen LogP contribution in [0.5, 0.6) is 0 Å². The van der Waals surface area contributed by atoms with Gasteiger partial charge in [0.05, 0.1) is 30.5 Å². The summed E-state index contributed by atoms with van der Waals surface area (Å²) in [5, 5.41) is 4.20. The molecule has 1 saturated heterocycles. The monoisotopic (exact) mass is 468 g/mol. The number of benzene rings is 2. The Balaban J connectivity index is 1.56. The molecule has 6 nitrogen and oxygen atoms in total. The van der Waals surface area contributed by atoms with E-state index in [4.69, 9.17) is 17.0 Å². The predicted molar refractivity (Wildman–Crippen MR) is 135 cm³/mol. The van der Waals surface area contributed by atoms with Gasteiger partial charge in [0.1, 0.15) is 0 Å². The number of thiocarbonyl (C=S) groups is 1. The van der Waals surface area contributed by atoms with E-state index < -0.39 is 0 Å². The molecule has 0 bridgehead atoms. The molecule has 1 aliphatic heterocycles. The van der Waals surface area contributed by atoms with E-state index in [1.165, 1.54) is 12.7 Å². The number of aromatic nitrogens is 2. The van der Waals surface area contributed by atoms with Gasteiger partial charge in [-0.15, -0.1) is 0 Å². The number of hydrogen-bond donors (Lipinski definition) is 1. The summed E-state index contributed by atoms with van der Waals surface area (Å²) in [7, 11) is 1.38. The lowest BCUT2D eigenvalue weighted by atomic mass is 10.0. The summed E-state index contributed by atoms with van der Waals surface area (Å²) in [6.07, 6.45) is 3.83. The van der Waals surface area contributed by atoms with Crippen LogP contribution in [0.25, 0.3) is 5.69 Å². The fourth-order valence-electron chi connectivity index (χ4n) is 4.42. The molecule has 2 atom stereocenters. The number of pyridine rings is 1. The van der Waals surface area contributed by atoms with Crippen molar-refractivity contribution in [3.63, 3.8) is 0 Å². The number of hydrogen-bond acceptors (Lipinski definition) is 4. The van der Waals surface area contributed by atoms with Gasteiger partial charge in [0.25, 0.3) is 0 Å². The number of esters is 1. The summed E-state index contributed by atoms with van der Waals surface area (Å²) in [5.74, 6) is -0.353. The van der Waals surface area contributed by atoms with Crippen LogP contribution < -0.4 is 5.32 Å². The zero-order chi connectivity index (χ0) is 23.5. The quantitative estimate of drug-likeness (QED) is 0.323. The molecule has 0 unspecified atom stereocenters. The van der Waals surface area contributed by atoms with Gasteiger partial charge in [0, 0.05) is 30.3 Å². The molecule has 1 N–H and O–H groups in total. The lowest BCUT2D eigenvalue weighted by molar-refractivity contribution is 0.0600. The van der Waals surface area contributed by atoms with Gasteiger partial charge in [-0.05, 0) is 66.3 Å². The normalized spacial score (nSPS) is 17.4. The Morgan fingerprint density at radius 3 is 2.47 bits per heavy atom. The second-order valence-electron chi connectivity index (χ2n) is 8.08. The van der Waals surface area contributed by atoms with Gasteiger partial charge in [-0.25, -0.2) is 4.79 Å². The molecule has 0 saturated carbocycles. The van der Waals surface area contributed by atoms with Gasteiger partial charge in [-0.3, -0.25) is 4.98 Å². The molecule has 0 amide bonds. The molecule has 170 valence electrons. The van der Waals surface area contributed by atoms with E-state index in [1.807, 2.05) is 67.0 Å². The molecular weight excluding hydrogens is 444 g/mol. The van der Waals surface area contributed by atoms with Crippen molar-refractivity contribution in [2.45, 2.75) is 18.6 Å². The first-order valence-electron chi connectivity index (χ1n) is 11.0. The van der Waals surface area contributed by atoms with Crippen LogP contribution in [0.1, 0.15) is 39.4 Å². The summed E-state index contributed by atoms with van der Waals surface area (Å²) >= 11 is 5.81. The van der Waals surface area contributed by atoms with Crippen molar-refractivity contribution in [1.29, 1.82) is 0 Å². The van der Waals surface area contributed by atoms with Gasteiger partial charge in [-0.2, -0.15) is 0 Å². The minimum absolute atomic E-state index is 0.0853. The highest BCUT2D eigenvalue weighted by Crippen LogP contribution is 2.40. The summed E-state index contributed by atoms with van der Waals surface area (Å²) < 4.78 is 6.97. The van der Waals surface area contributed by atoms with Crippen molar-refractivity contribution in [2.75, 3.05) is 7.11 Å². The first-order valence-corrected chi connectivity index (χ1v) is 11.4. The maximum absolute atomic E-state index is 11.9. The van der Waals surface area contributed by atoms with E-state index in [0.29, 0.717) is 17.2 Å². The average Bonchev–Trinajstić information content (AvgIpc) is 3.49. The van der Waals surface area contributed by atoms with Crippen LogP contribution in [-0.2, 0) is 11.3 Å². The lowest BCUT2D eigenvalue weighted by Gasteiger charge is -2.29. The molecule has 3 heterocycles. The van der Waals surface area contributed by atoms with Crippen LogP contribution >= 0.6 is 12.2 Å². The molecule has 34 heavy (non-hydrogen) atoms. The minimum atomic E-state index is -0.353. The lowest BCUT2D eigenvalue weighted by Crippen LogP contribution is -2.30. The van der Waals surface area contributed by atoms with Crippen molar-refractivity contribution in [3.05, 3.63) is 120 Å². The summed E-state index contributed by atoms with van der Waals surface area (Å²) in [5.41, 5.74) is 4.65. The Kier molecular flexibility index (Phi) is 6.10. The second-order valence-corrected chi connectivity index (χ2v) is 8.47. The van der Waals surface area contributed by atoms with Gasteiger partial charge in [0.2, 0.25) is 0 Å². The standard InChI is InChI=1S/C27H24N4O2S/c1-33-26(32)20-12-14-21(15-13-20)30-17-7-11-23(30)25-24(22-10-5-6-16-28-22)29-27(34)31(25)18-19-8-3-2-4-9-19/h2-17,24-25H,18H2,1H3,(H,29,34)/t24-,25-/m0/s1. The minimum Gasteiger partial charge on any atom is -0.465 e. The molecule has 0 aliphatic carbocycles. The van der Waals surface area contributed by atoms with Gasteiger partial charge < -0.3 is 19.5 Å². The highest BCUT2D eigenvalue weighted by Gasteiger charge is 2.41. The first-order chi connectivity index (χ1) is 16.7. The molecule has 0 spiro atoms. The van der Waals surface area contributed by atoms with Crippen molar-refractivity contribution in [2.24, 2.45) is 0 Å². The Labute approximate surface area is 203 Å². The first kappa shape index (κ1) is 21.9. The highest BCUT2D eigenvalue weighted by atomic mass is 32.1. The molecule has 0 radical (unpaired) electrons. The van der Waals surface area contributed by atoms with Crippen LogP contribution in [0, 0.1) is 0 Å². The number of nitrogens with one attached hydrogen (secondary N) is 1. The SMILES string of the molecule is COC(=O)c1ccc(-n2cccc2[C@H]2[C@H](c3ccccn3)NC(=S)N2Cc2ccccc2)cc1. The second kappa shape index (κ2) is 9.49. The van der Waals surface area contributed by atoms with Crippen molar-refractivity contribution < 1.29 is 9.53 Å². The Morgan fingerprint density at radius 2 is 1.76 bits per heavy atom. The Morgan fingerprint density at radius 1 is 1.00 bits per heavy atom. The summed E-state index contributed by atoms with van der Waals surface area (Å²) in [6, 6.07) is 27.6. The molecule has 4 aromatic rings. The van der Waals surface area contributed by atoms with E-state index in [9.17, 15) is 4.79 Å². The van der Waals surface area contributed by atoms with Crippen molar-refractivity contribution in [3.8, 4) is 5.69 Å². The average molecular weight is 469 g/mol. The van der Waals surface area contributed by atoms with Crippen LogP contribution in [0.3, 0.4) is 0 Å². The van der Waals surface area contributed by atoms with Crippen LogP contribution in [0.15, 0.2) is 97.3 Å². The topological polar surface area (TPSA) is 59.4 Å². The number of rotatable bonds is 6. The summed E-state index contributed by atoms with van der Waals surface area (Å²) in [4.78, 5) is 18.7. The maximum atomic E-state index is 11.9. The molecule has 1 aliphatic rings. The van der Waals surface area contributed by atoms with Gasteiger partial charge in [0.15, 0.2) is 5.11 Å². The molecule has 7 heteroatoms. The van der Waals surface area contributed by atoms with Crippen molar-refractivity contribution >= 4 is 23.3 Å². The summed E-state index contributed by atoms with van der Waals surface area (Å²) in [6.45, 7) is 0.674. The van der Waals surface area contributed by atoms with E-state index in [1.54, 1.807) is 12.1 Å². The third-order valence-corrected chi connectivity index (χ3v) is 6.40. The smallest absolute Gasteiger partial charge is 0.337 e. The number of nitrogens with zero attached hydrogens (tertiary/aromatic N) is 3. The fourth-order valence-corrected chi connectivity index (χ4v) is 4.73. The molecular formula is C27H24N4O2S. The third kappa shape index (κ3) is 4.18. The maximum Gasteiger partial charge on any atom is 0.337 e. The zero-order valence-corrected chi connectivity index (χ0v) is 19.5. The molecule has 1 fully saturated rings. The van der Waals surface area contributed by atoms with E-state index in [2.05, 4.69) is 38.0 Å². The largest absolute Gasteiger partial charge is 0.465 e. The van der Waals surface area contributed by atoms with Gasteiger partial charge >= 0.3 is 5.97 Å². The van der Waals surface area contributed by atoms with Crippen LogP contribution in [-0.4, -0.2) is 32.6 Å². The number of carbonyl (C=O) groups is 1. The van der Waals surface area contributed by atoms with Crippen LogP contribution in [0.2, 0.25) is 0 Å². The molecule has 5 rings (SSSR count). The number of carbonyl (C=O) groups excluding carboxylic acids is 1. The highest BCUT2D eigenvalue weighted by molar-refractivity contribution is 7.80. The Bertz CT molecular complexity index is 1290. The fraction of sp³-hybridized carbons (Fsp3) is 0.148.